The number of ether oxygens (including phenoxy) is 1. The monoisotopic (exact) mass is 202 g/mol. The molecule has 0 spiro atoms. The summed E-state index contributed by atoms with van der Waals surface area (Å²) in [7, 11) is 0. The zero-order chi connectivity index (χ0) is 10.5. The third-order valence-corrected chi connectivity index (χ3v) is 1.94. The number of nitrogens with zero attached hydrogens (tertiary/aromatic N) is 2. The molecule has 4 heteroatoms. The van der Waals surface area contributed by atoms with Crippen LogP contribution in [0.4, 0.5) is 0 Å². The van der Waals surface area contributed by atoms with Gasteiger partial charge in [0.15, 0.2) is 6.73 Å². The van der Waals surface area contributed by atoms with E-state index in [9.17, 15) is 4.79 Å². The summed E-state index contributed by atoms with van der Waals surface area (Å²) in [5.74, 6) is 0.719. The third-order valence-electron chi connectivity index (χ3n) is 1.94. The van der Waals surface area contributed by atoms with Crippen LogP contribution in [0.5, 0.6) is 5.75 Å². The zero-order valence-electron chi connectivity index (χ0n) is 8.04. The Labute approximate surface area is 87.1 Å². The van der Waals surface area contributed by atoms with Crippen LogP contribution in [0.3, 0.4) is 0 Å². The number of hydrogen-bond acceptors (Lipinski definition) is 3. The number of carbonyl (C=O) groups is 1. The minimum absolute atomic E-state index is 0.368. The van der Waals surface area contributed by atoms with Crippen molar-refractivity contribution in [3.63, 3.8) is 0 Å². The van der Waals surface area contributed by atoms with Crippen LogP contribution in [-0.2, 0) is 6.73 Å². The highest BCUT2D eigenvalue weighted by Crippen LogP contribution is 2.11. The molecule has 2 rings (SSSR count). The van der Waals surface area contributed by atoms with E-state index in [-0.39, 0.29) is 0 Å². The first-order valence-corrected chi connectivity index (χ1v) is 4.54. The normalized spacial score (nSPS) is 9.87. The molecule has 1 aromatic carbocycles. The lowest BCUT2D eigenvalue weighted by atomic mass is 10.2. The fraction of sp³-hybridized carbons (Fsp3) is 0.0909. The molecule has 1 aromatic heterocycles. The molecule has 0 radical (unpaired) electrons. The summed E-state index contributed by atoms with van der Waals surface area (Å²) in [6.07, 6.45) is 4.32. The van der Waals surface area contributed by atoms with Gasteiger partial charge in [-0.05, 0) is 30.3 Å². The average molecular weight is 202 g/mol. The molecule has 15 heavy (non-hydrogen) atoms. The molecule has 0 amide bonds. The maximum atomic E-state index is 10.4. The lowest BCUT2D eigenvalue weighted by molar-refractivity contribution is 0.112. The molecule has 0 saturated heterocycles. The van der Waals surface area contributed by atoms with Gasteiger partial charge >= 0.3 is 0 Å². The van der Waals surface area contributed by atoms with E-state index in [2.05, 4.69) is 5.10 Å². The van der Waals surface area contributed by atoms with Crippen LogP contribution in [0.2, 0.25) is 0 Å². The summed E-state index contributed by atoms with van der Waals surface area (Å²) < 4.78 is 7.11. The van der Waals surface area contributed by atoms with Gasteiger partial charge in [0.2, 0.25) is 0 Å². The van der Waals surface area contributed by atoms with Crippen LogP contribution in [-0.4, -0.2) is 16.1 Å². The van der Waals surface area contributed by atoms with Crippen LogP contribution in [0.15, 0.2) is 42.7 Å². The number of aromatic nitrogens is 2. The Morgan fingerprint density at radius 3 is 2.73 bits per heavy atom. The van der Waals surface area contributed by atoms with Crippen LogP contribution in [0.25, 0.3) is 0 Å². The fourth-order valence-electron chi connectivity index (χ4n) is 1.16. The van der Waals surface area contributed by atoms with Crippen molar-refractivity contribution in [3.8, 4) is 5.75 Å². The van der Waals surface area contributed by atoms with Crippen molar-refractivity contribution in [2.24, 2.45) is 0 Å². The quantitative estimate of drug-likeness (QED) is 0.709. The number of benzene rings is 1. The van der Waals surface area contributed by atoms with Gasteiger partial charge in [-0.2, -0.15) is 5.10 Å². The van der Waals surface area contributed by atoms with Crippen molar-refractivity contribution in [1.82, 2.24) is 9.78 Å². The summed E-state index contributed by atoms with van der Waals surface area (Å²) in [6.45, 7) is 0.368. The van der Waals surface area contributed by atoms with Gasteiger partial charge in [-0.25, -0.2) is 4.68 Å². The Hall–Kier alpha value is -2.10. The molecule has 0 unspecified atom stereocenters. The summed E-state index contributed by atoms with van der Waals surface area (Å²) in [5.41, 5.74) is 0.640. The van der Waals surface area contributed by atoms with Gasteiger partial charge in [0, 0.05) is 18.0 Å². The highest BCUT2D eigenvalue weighted by atomic mass is 16.5. The van der Waals surface area contributed by atoms with E-state index in [4.69, 9.17) is 4.74 Å². The predicted molar refractivity (Wildman–Crippen MR) is 54.7 cm³/mol. The summed E-state index contributed by atoms with van der Waals surface area (Å²) in [6, 6.07) is 8.77. The van der Waals surface area contributed by atoms with Gasteiger partial charge in [-0.1, -0.05) is 0 Å². The van der Waals surface area contributed by atoms with Crippen molar-refractivity contribution in [1.29, 1.82) is 0 Å². The first kappa shape index (κ1) is 9.45. The van der Waals surface area contributed by atoms with Crippen LogP contribution in [0.1, 0.15) is 10.4 Å². The SMILES string of the molecule is O=Cc1ccc(OCn2cccn2)cc1. The van der Waals surface area contributed by atoms with Crippen molar-refractivity contribution < 1.29 is 9.53 Å². The summed E-state index contributed by atoms with van der Waals surface area (Å²) in [4.78, 5) is 10.4. The van der Waals surface area contributed by atoms with E-state index in [1.807, 2.05) is 12.3 Å². The predicted octanol–water partition coefficient (Wildman–Crippen LogP) is 1.73. The van der Waals surface area contributed by atoms with Crippen LogP contribution < -0.4 is 4.74 Å². The Bertz CT molecular complexity index is 420. The van der Waals surface area contributed by atoms with Crippen molar-refractivity contribution in [2.75, 3.05) is 0 Å². The van der Waals surface area contributed by atoms with E-state index in [0.717, 1.165) is 12.0 Å². The van der Waals surface area contributed by atoms with Gasteiger partial charge in [0.1, 0.15) is 12.0 Å². The van der Waals surface area contributed by atoms with Gasteiger partial charge in [-0.3, -0.25) is 4.79 Å². The molecule has 76 valence electrons. The largest absolute Gasteiger partial charge is 0.471 e. The second-order valence-corrected chi connectivity index (χ2v) is 3.01. The van der Waals surface area contributed by atoms with Gasteiger partial charge < -0.3 is 4.74 Å². The molecular formula is C11H10N2O2. The zero-order valence-corrected chi connectivity index (χ0v) is 8.04. The van der Waals surface area contributed by atoms with Crippen molar-refractivity contribution >= 4 is 6.29 Å². The van der Waals surface area contributed by atoms with Crippen LogP contribution in [0, 0.1) is 0 Å². The molecule has 0 aliphatic rings. The van der Waals surface area contributed by atoms with Crippen molar-refractivity contribution in [2.45, 2.75) is 6.73 Å². The fourth-order valence-corrected chi connectivity index (χ4v) is 1.16. The first-order valence-electron chi connectivity index (χ1n) is 4.54. The highest BCUT2D eigenvalue weighted by Gasteiger charge is 1.95. The molecule has 0 aliphatic heterocycles. The highest BCUT2D eigenvalue weighted by molar-refractivity contribution is 5.74. The van der Waals surface area contributed by atoms with Crippen molar-refractivity contribution in [3.05, 3.63) is 48.3 Å². The molecule has 1 heterocycles. The standard InChI is InChI=1S/C11H10N2O2/c14-8-10-2-4-11(5-3-10)15-9-13-7-1-6-12-13/h1-8H,9H2. The lowest BCUT2D eigenvalue weighted by Gasteiger charge is -2.05. The molecular weight excluding hydrogens is 192 g/mol. The number of aldehydes is 1. The number of rotatable bonds is 4. The first-order chi connectivity index (χ1) is 7.38. The second-order valence-electron chi connectivity index (χ2n) is 3.01. The number of carbonyl (C=O) groups excluding carboxylic acids is 1. The van der Waals surface area contributed by atoms with Gasteiger partial charge in [0.05, 0.1) is 0 Å². The van der Waals surface area contributed by atoms with E-state index in [1.54, 1.807) is 35.1 Å². The smallest absolute Gasteiger partial charge is 0.180 e. The molecule has 0 saturated carbocycles. The van der Waals surface area contributed by atoms with E-state index < -0.39 is 0 Å². The molecule has 0 N–H and O–H groups in total. The molecule has 0 aliphatic carbocycles. The topological polar surface area (TPSA) is 44.1 Å². The molecule has 2 aromatic rings. The maximum absolute atomic E-state index is 10.4. The minimum atomic E-state index is 0.368. The van der Waals surface area contributed by atoms with Gasteiger partial charge in [0.25, 0.3) is 0 Å². The van der Waals surface area contributed by atoms with Crippen LogP contribution >= 0.6 is 0 Å². The third kappa shape index (κ3) is 2.43. The molecule has 0 fully saturated rings. The molecule has 0 bridgehead atoms. The lowest BCUT2D eigenvalue weighted by Crippen LogP contribution is -2.05. The maximum Gasteiger partial charge on any atom is 0.180 e. The minimum Gasteiger partial charge on any atom is -0.471 e. The van der Waals surface area contributed by atoms with Gasteiger partial charge in [-0.15, -0.1) is 0 Å². The molecule has 4 nitrogen and oxygen atoms in total. The summed E-state index contributed by atoms with van der Waals surface area (Å²) in [5, 5.41) is 4.00. The Morgan fingerprint density at radius 2 is 2.13 bits per heavy atom. The summed E-state index contributed by atoms with van der Waals surface area (Å²) >= 11 is 0. The Morgan fingerprint density at radius 1 is 1.33 bits per heavy atom. The number of hydrogen-bond donors (Lipinski definition) is 0. The Balaban J connectivity index is 1.96. The second kappa shape index (κ2) is 4.41. The average Bonchev–Trinajstić information content (AvgIpc) is 2.80. The Kier molecular flexibility index (Phi) is 2.78. The van der Waals surface area contributed by atoms with E-state index in [0.29, 0.717) is 12.3 Å². The van der Waals surface area contributed by atoms with E-state index >= 15 is 0 Å². The van der Waals surface area contributed by atoms with E-state index in [1.165, 1.54) is 0 Å². The molecule has 0 atom stereocenters.